The van der Waals surface area contributed by atoms with Crippen molar-refractivity contribution in [2.75, 3.05) is 6.54 Å². The van der Waals surface area contributed by atoms with Crippen LogP contribution in [0.25, 0.3) is 10.2 Å². The van der Waals surface area contributed by atoms with E-state index in [2.05, 4.69) is 34.6 Å². The number of benzene rings is 2. The molecule has 1 atom stereocenters. The monoisotopic (exact) mass is 491 g/mol. The number of hydrogen-bond acceptors (Lipinski definition) is 4. The Morgan fingerprint density at radius 1 is 1.12 bits per heavy atom. The minimum absolute atomic E-state index is 0.0483. The first-order valence-electron chi connectivity index (χ1n) is 11.7. The van der Waals surface area contributed by atoms with E-state index in [1.54, 1.807) is 11.3 Å². The second-order valence-electron chi connectivity index (χ2n) is 8.77. The maximum absolute atomic E-state index is 12.9. The lowest BCUT2D eigenvalue weighted by Gasteiger charge is -2.22. The molecule has 1 unspecified atom stereocenters. The predicted octanol–water partition coefficient (Wildman–Crippen LogP) is 5.20. The van der Waals surface area contributed by atoms with E-state index in [1.165, 1.54) is 10.4 Å². The number of aromatic nitrogens is 2. The molecule has 7 heteroatoms. The van der Waals surface area contributed by atoms with Gasteiger partial charge < -0.3 is 10.3 Å². The van der Waals surface area contributed by atoms with E-state index in [0.717, 1.165) is 47.0 Å². The van der Waals surface area contributed by atoms with Crippen molar-refractivity contribution in [2.45, 2.75) is 44.4 Å². The van der Waals surface area contributed by atoms with Crippen molar-refractivity contribution in [3.63, 3.8) is 0 Å². The fourth-order valence-electron chi connectivity index (χ4n) is 4.67. The number of nitrogens with one attached hydrogen (secondary N) is 2. The topological polar surface area (TPSA) is 74.8 Å². The third-order valence-electron chi connectivity index (χ3n) is 6.48. The fraction of sp³-hybridized carbons (Fsp3) is 0.296. The predicted molar refractivity (Wildman–Crippen MR) is 138 cm³/mol. The van der Waals surface area contributed by atoms with Crippen LogP contribution in [0, 0.1) is 0 Å². The van der Waals surface area contributed by atoms with Gasteiger partial charge in [0.2, 0.25) is 5.91 Å². The molecule has 0 fully saturated rings. The van der Waals surface area contributed by atoms with Gasteiger partial charge >= 0.3 is 0 Å². The summed E-state index contributed by atoms with van der Waals surface area (Å²) in [6.45, 7) is 0.559. The summed E-state index contributed by atoms with van der Waals surface area (Å²) >= 11 is 7.54. The van der Waals surface area contributed by atoms with Gasteiger partial charge in [-0.05, 0) is 60.4 Å². The van der Waals surface area contributed by atoms with Gasteiger partial charge in [-0.15, -0.1) is 11.3 Å². The van der Waals surface area contributed by atoms with Gasteiger partial charge in [0.05, 0.1) is 5.39 Å². The molecule has 0 spiro atoms. The van der Waals surface area contributed by atoms with Crippen LogP contribution in [0.15, 0.2) is 59.4 Å². The van der Waals surface area contributed by atoms with Crippen LogP contribution in [-0.2, 0) is 30.5 Å². The van der Waals surface area contributed by atoms with Crippen molar-refractivity contribution in [3.05, 3.63) is 97.4 Å². The van der Waals surface area contributed by atoms with Crippen molar-refractivity contribution in [1.29, 1.82) is 0 Å². The number of carbonyl (C=O) groups is 1. The van der Waals surface area contributed by atoms with Crippen LogP contribution < -0.4 is 10.9 Å². The maximum Gasteiger partial charge on any atom is 0.259 e. The lowest BCUT2D eigenvalue weighted by atomic mass is 9.83. The Bertz CT molecular complexity index is 1360. The SMILES string of the molecule is O=C(CCc1nc2sc3c(c2c(=O)[nH]1)CCC(c1ccccc1)C3)NCCc1ccc(Cl)cc1. The number of carbonyl (C=O) groups excluding carboxylic acids is 1. The number of H-pyrrole nitrogens is 1. The van der Waals surface area contributed by atoms with Crippen molar-refractivity contribution < 1.29 is 4.79 Å². The molecule has 174 valence electrons. The third-order valence-corrected chi connectivity index (χ3v) is 7.88. The first kappa shape index (κ1) is 22.8. The molecule has 2 heterocycles. The largest absolute Gasteiger partial charge is 0.356 e. The third kappa shape index (κ3) is 5.08. The molecule has 4 aromatic rings. The van der Waals surface area contributed by atoms with E-state index < -0.39 is 0 Å². The van der Waals surface area contributed by atoms with Gasteiger partial charge in [0.1, 0.15) is 10.7 Å². The maximum atomic E-state index is 12.9. The number of rotatable bonds is 7. The summed E-state index contributed by atoms with van der Waals surface area (Å²) in [5.74, 6) is 1.01. The van der Waals surface area contributed by atoms with Crippen LogP contribution in [0.2, 0.25) is 5.02 Å². The summed E-state index contributed by atoms with van der Waals surface area (Å²) in [4.78, 5) is 34.9. The van der Waals surface area contributed by atoms with Crippen molar-refractivity contribution in [2.24, 2.45) is 0 Å². The highest BCUT2D eigenvalue weighted by Gasteiger charge is 2.26. The number of amides is 1. The van der Waals surface area contributed by atoms with Crippen molar-refractivity contribution in [3.8, 4) is 0 Å². The van der Waals surface area contributed by atoms with Gasteiger partial charge in [0, 0.05) is 29.3 Å². The normalized spacial score (nSPS) is 15.3. The van der Waals surface area contributed by atoms with Crippen LogP contribution in [0.1, 0.15) is 46.2 Å². The molecular formula is C27H26ClN3O2S. The molecule has 5 nitrogen and oxygen atoms in total. The Balaban J connectivity index is 1.21. The van der Waals surface area contributed by atoms with Crippen molar-refractivity contribution in [1.82, 2.24) is 15.3 Å². The quantitative estimate of drug-likeness (QED) is 0.373. The lowest BCUT2D eigenvalue weighted by molar-refractivity contribution is -0.121. The van der Waals surface area contributed by atoms with Gasteiger partial charge in [-0.2, -0.15) is 0 Å². The number of aromatic amines is 1. The Labute approximate surface area is 207 Å². The highest BCUT2D eigenvalue weighted by atomic mass is 35.5. The van der Waals surface area contributed by atoms with E-state index in [4.69, 9.17) is 16.6 Å². The molecule has 34 heavy (non-hydrogen) atoms. The average Bonchev–Trinajstić information content (AvgIpc) is 3.22. The molecule has 1 aliphatic carbocycles. The second-order valence-corrected chi connectivity index (χ2v) is 10.3. The smallest absolute Gasteiger partial charge is 0.259 e. The number of hydrogen-bond donors (Lipinski definition) is 2. The molecule has 2 N–H and O–H groups in total. The highest BCUT2D eigenvalue weighted by molar-refractivity contribution is 7.18. The van der Waals surface area contributed by atoms with Crippen LogP contribution in [-0.4, -0.2) is 22.4 Å². The second kappa shape index (κ2) is 10.1. The van der Waals surface area contributed by atoms with E-state index in [1.807, 2.05) is 30.3 Å². The van der Waals surface area contributed by atoms with Gasteiger partial charge in [-0.3, -0.25) is 9.59 Å². The first-order valence-corrected chi connectivity index (χ1v) is 12.9. The number of fused-ring (bicyclic) bond motifs is 3. The Morgan fingerprint density at radius 2 is 1.91 bits per heavy atom. The number of aryl methyl sites for hydroxylation is 2. The Morgan fingerprint density at radius 3 is 2.71 bits per heavy atom. The van der Waals surface area contributed by atoms with Crippen LogP contribution in [0.4, 0.5) is 0 Å². The number of halogens is 1. The van der Waals surface area contributed by atoms with Crippen LogP contribution in [0.5, 0.6) is 0 Å². The highest BCUT2D eigenvalue weighted by Crippen LogP contribution is 2.39. The number of nitrogens with zero attached hydrogens (tertiary/aromatic N) is 1. The molecule has 2 aromatic heterocycles. The van der Waals surface area contributed by atoms with Gasteiger partial charge in [0.25, 0.3) is 5.56 Å². The Hall–Kier alpha value is -2.96. The fourth-order valence-corrected chi connectivity index (χ4v) is 6.12. The summed E-state index contributed by atoms with van der Waals surface area (Å²) in [7, 11) is 0. The lowest BCUT2D eigenvalue weighted by Crippen LogP contribution is -2.26. The molecule has 0 radical (unpaired) electrons. The molecule has 0 aliphatic heterocycles. The van der Waals surface area contributed by atoms with E-state index in [-0.39, 0.29) is 17.9 Å². The molecule has 2 aromatic carbocycles. The molecule has 1 aliphatic rings. The molecule has 0 saturated heterocycles. The molecule has 0 bridgehead atoms. The van der Waals surface area contributed by atoms with Gasteiger partial charge in [-0.25, -0.2) is 4.98 Å². The summed E-state index contributed by atoms with van der Waals surface area (Å²) in [5.41, 5.74) is 3.55. The zero-order valence-corrected chi connectivity index (χ0v) is 20.3. The van der Waals surface area contributed by atoms with Crippen LogP contribution >= 0.6 is 22.9 Å². The number of thiophene rings is 1. The standard InChI is InChI=1S/C27H26ClN3O2S/c28-20-9-6-17(7-10-20)14-15-29-24(32)13-12-23-30-26(33)25-21-11-8-19(18-4-2-1-3-5-18)16-22(21)34-27(25)31-23/h1-7,9-10,19H,8,11-16H2,(H,29,32)(H,30,31,33). The zero-order chi connectivity index (χ0) is 23.5. The van der Waals surface area contributed by atoms with E-state index in [9.17, 15) is 9.59 Å². The minimum atomic E-state index is -0.0844. The molecule has 1 amide bonds. The van der Waals surface area contributed by atoms with Crippen molar-refractivity contribution >= 4 is 39.1 Å². The Kier molecular flexibility index (Phi) is 6.79. The average molecular weight is 492 g/mol. The molecule has 0 saturated carbocycles. The van der Waals surface area contributed by atoms with Crippen LogP contribution in [0.3, 0.4) is 0 Å². The summed E-state index contributed by atoms with van der Waals surface area (Å²) in [6.07, 6.45) is 4.33. The molecular weight excluding hydrogens is 466 g/mol. The summed E-state index contributed by atoms with van der Waals surface area (Å²) < 4.78 is 0. The summed E-state index contributed by atoms with van der Waals surface area (Å²) in [6, 6.07) is 18.2. The van der Waals surface area contributed by atoms with E-state index >= 15 is 0 Å². The summed E-state index contributed by atoms with van der Waals surface area (Å²) in [5, 5.41) is 4.38. The molecule has 5 rings (SSSR count). The zero-order valence-electron chi connectivity index (χ0n) is 18.8. The van der Waals surface area contributed by atoms with E-state index in [0.29, 0.717) is 29.7 Å². The minimum Gasteiger partial charge on any atom is -0.356 e. The van der Waals surface area contributed by atoms with Gasteiger partial charge in [0.15, 0.2) is 0 Å². The van der Waals surface area contributed by atoms with Gasteiger partial charge in [-0.1, -0.05) is 54.1 Å². The first-order chi connectivity index (χ1) is 16.6.